The summed E-state index contributed by atoms with van der Waals surface area (Å²) in [6.07, 6.45) is 0.958. The van der Waals surface area contributed by atoms with Gasteiger partial charge in [-0.2, -0.15) is 0 Å². The lowest BCUT2D eigenvalue weighted by molar-refractivity contribution is -0.115. The van der Waals surface area contributed by atoms with Gasteiger partial charge in [-0.1, -0.05) is 12.1 Å². The third kappa shape index (κ3) is 3.56. The molecule has 23 heavy (non-hydrogen) atoms. The van der Waals surface area contributed by atoms with Crippen molar-refractivity contribution in [2.24, 2.45) is 0 Å². The van der Waals surface area contributed by atoms with E-state index in [0.717, 1.165) is 10.4 Å². The van der Waals surface area contributed by atoms with E-state index in [0.29, 0.717) is 30.8 Å². The Kier molecular flexibility index (Phi) is 4.41. The van der Waals surface area contributed by atoms with Crippen molar-refractivity contribution >= 4 is 38.6 Å². The minimum atomic E-state index is -3.22. The summed E-state index contributed by atoms with van der Waals surface area (Å²) in [5.41, 5.74) is 2.18. The van der Waals surface area contributed by atoms with Gasteiger partial charge in [0.25, 0.3) is 0 Å². The summed E-state index contributed by atoms with van der Waals surface area (Å²) >= 11 is 1.54. The molecular weight excluding hydrogens is 332 g/mol. The van der Waals surface area contributed by atoms with Gasteiger partial charge in [0.1, 0.15) is 0 Å². The highest BCUT2D eigenvalue weighted by molar-refractivity contribution is 7.93. The first-order valence-electron chi connectivity index (χ1n) is 7.39. The molecule has 0 atom stereocenters. The maximum Gasteiger partial charge on any atom is 0.235 e. The van der Waals surface area contributed by atoms with Gasteiger partial charge in [-0.05, 0) is 42.5 Å². The van der Waals surface area contributed by atoms with E-state index in [-0.39, 0.29) is 11.7 Å². The van der Waals surface area contributed by atoms with Crippen LogP contribution in [-0.4, -0.2) is 26.6 Å². The van der Waals surface area contributed by atoms with Gasteiger partial charge in [0, 0.05) is 17.1 Å². The van der Waals surface area contributed by atoms with Crippen molar-refractivity contribution in [3.05, 3.63) is 46.2 Å². The summed E-state index contributed by atoms with van der Waals surface area (Å²) in [5.74, 6) is 0.0815. The standard InChI is InChI=1S/C16H18N2O3S2/c1-12-5-6-13(18-7-3-9-23(18,20)21)10-15(12)17-16(19)11-14-4-2-8-22-14/h2,4-6,8,10H,3,7,9,11H2,1H3,(H,17,19). The first-order valence-corrected chi connectivity index (χ1v) is 9.88. The summed E-state index contributed by atoms with van der Waals surface area (Å²) in [7, 11) is -3.22. The van der Waals surface area contributed by atoms with Gasteiger partial charge in [-0.15, -0.1) is 11.3 Å². The minimum absolute atomic E-state index is 0.100. The Hall–Kier alpha value is -1.86. The van der Waals surface area contributed by atoms with Crippen molar-refractivity contribution in [1.82, 2.24) is 0 Å². The molecule has 122 valence electrons. The first-order chi connectivity index (χ1) is 11.0. The van der Waals surface area contributed by atoms with Crippen LogP contribution >= 0.6 is 11.3 Å². The minimum Gasteiger partial charge on any atom is -0.325 e. The van der Waals surface area contributed by atoms with Crippen molar-refractivity contribution < 1.29 is 13.2 Å². The van der Waals surface area contributed by atoms with Crippen LogP contribution in [0.3, 0.4) is 0 Å². The number of carbonyl (C=O) groups is 1. The van der Waals surface area contributed by atoms with Crippen LogP contribution in [0.25, 0.3) is 0 Å². The highest BCUT2D eigenvalue weighted by Gasteiger charge is 2.28. The fourth-order valence-corrected chi connectivity index (χ4v) is 4.85. The zero-order valence-electron chi connectivity index (χ0n) is 12.8. The van der Waals surface area contributed by atoms with Crippen LogP contribution in [0.5, 0.6) is 0 Å². The van der Waals surface area contributed by atoms with Crippen LogP contribution in [0, 0.1) is 6.92 Å². The van der Waals surface area contributed by atoms with Gasteiger partial charge in [-0.3, -0.25) is 9.10 Å². The molecule has 1 aromatic heterocycles. The Morgan fingerprint density at radius 1 is 1.35 bits per heavy atom. The van der Waals surface area contributed by atoms with E-state index in [1.165, 1.54) is 4.31 Å². The van der Waals surface area contributed by atoms with E-state index in [9.17, 15) is 13.2 Å². The number of hydrogen-bond acceptors (Lipinski definition) is 4. The van der Waals surface area contributed by atoms with Crippen LogP contribution in [0.2, 0.25) is 0 Å². The molecule has 2 aromatic rings. The third-order valence-corrected chi connectivity index (χ3v) is 6.54. The number of rotatable bonds is 4. The first kappa shape index (κ1) is 16.0. The van der Waals surface area contributed by atoms with Gasteiger partial charge >= 0.3 is 0 Å². The number of benzene rings is 1. The number of sulfonamides is 1. The van der Waals surface area contributed by atoms with Crippen LogP contribution in [0.1, 0.15) is 16.9 Å². The van der Waals surface area contributed by atoms with Gasteiger partial charge in [0.05, 0.1) is 17.9 Å². The molecule has 0 radical (unpaired) electrons. The lowest BCUT2D eigenvalue weighted by atomic mass is 10.1. The molecule has 0 saturated carbocycles. The molecular formula is C16H18N2O3S2. The monoisotopic (exact) mass is 350 g/mol. The molecule has 1 saturated heterocycles. The van der Waals surface area contributed by atoms with Gasteiger partial charge in [0.15, 0.2) is 0 Å². The highest BCUT2D eigenvalue weighted by atomic mass is 32.2. The van der Waals surface area contributed by atoms with Crippen molar-refractivity contribution in [2.45, 2.75) is 19.8 Å². The predicted octanol–water partition coefficient (Wildman–Crippen LogP) is 2.78. The summed E-state index contributed by atoms with van der Waals surface area (Å²) in [4.78, 5) is 13.2. The summed E-state index contributed by atoms with van der Waals surface area (Å²) < 4.78 is 25.5. The average molecular weight is 350 g/mol. The number of nitrogens with zero attached hydrogens (tertiary/aromatic N) is 1. The Balaban J connectivity index is 1.79. The fourth-order valence-electron chi connectivity index (χ4n) is 2.60. The summed E-state index contributed by atoms with van der Waals surface area (Å²) in [6, 6.07) is 9.20. The molecule has 1 fully saturated rings. The highest BCUT2D eigenvalue weighted by Crippen LogP contribution is 2.28. The zero-order chi connectivity index (χ0) is 16.4. The summed E-state index contributed by atoms with van der Waals surface area (Å²) in [5, 5.41) is 4.82. The third-order valence-electron chi connectivity index (χ3n) is 3.80. The maximum atomic E-state index is 12.2. The fraction of sp³-hybridized carbons (Fsp3) is 0.312. The molecule has 1 aromatic carbocycles. The Morgan fingerprint density at radius 3 is 2.83 bits per heavy atom. The van der Waals surface area contributed by atoms with Gasteiger partial charge in [-0.25, -0.2) is 8.42 Å². The maximum absolute atomic E-state index is 12.2. The second-order valence-electron chi connectivity index (χ2n) is 5.55. The Labute approximate surface area is 140 Å². The molecule has 0 unspecified atom stereocenters. The number of aryl methyl sites for hydroxylation is 1. The molecule has 7 heteroatoms. The van der Waals surface area contributed by atoms with Gasteiger partial charge < -0.3 is 5.32 Å². The van der Waals surface area contributed by atoms with Crippen LogP contribution in [0.15, 0.2) is 35.7 Å². The molecule has 3 rings (SSSR count). The molecule has 0 bridgehead atoms. The topological polar surface area (TPSA) is 66.5 Å². The molecule has 0 aliphatic carbocycles. The molecule has 5 nitrogen and oxygen atoms in total. The van der Waals surface area contributed by atoms with E-state index in [1.54, 1.807) is 23.5 Å². The molecule has 1 N–H and O–H groups in total. The average Bonchev–Trinajstić information content (AvgIpc) is 3.10. The number of anilines is 2. The van der Waals surface area contributed by atoms with Crippen LogP contribution in [0.4, 0.5) is 11.4 Å². The van der Waals surface area contributed by atoms with Crippen molar-refractivity contribution in [3.63, 3.8) is 0 Å². The molecule has 1 amide bonds. The van der Waals surface area contributed by atoms with Gasteiger partial charge in [0.2, 0.25) is 15.9 Å². The number of carbonyl (C=O) groups excluding carboxylic acids is 1. The summed E-state index contributed by atoms with van der Waals surface area (Å²) in [6.45, 7) is 2.39. The van der Waals surface area contributed by atoms with E-state index in [1.807, 2.05) is 30.5 Å². The van der Waals surface area contributed by atoms with Crippen molar-refractivity contribution in [1.29, 1.82) is 0 Å². The van der Waals surface area contributed by atoms with Crippen molar-refractivity contribution in [2.75, 3.05) is 21.9 Å². The second kappa shape index (κ2) is 6.33. The number of nitrogens with one attached hydrogen (secondary N) is 1. The lowest BCUT2D eigenvalue weighted by Gasteiger charge is -2.19. The molecule has 1 aliphatic rings. The van der Waals surface area contributed by atoms with Crippen molar-refractivity contribution in [3.8, 4) is 0 Å². The second-order valence-corrected chi connectivity index (χ2v) is 8.59. The lowest BCUT2D eigenvalue weighted by Crippen LogP contribution is -2.25. The Morgan fingerprint density at radius 2 is 2.17 bits per heavy atom. The largest absolute Gasteiger partial charge is 0.325 e. The smallest absolute Gasteiger partial charge is 0.235 e. The molecule has 1 aliphatic heterocycles. The number of amides is 1. The Bertz CT molecular complexity index is 814. The zero-order valence-corrected chi connectivity index (χ0v) is 14.4. The van der Waals surface area contributed by atoms with E-state index >= 15 is 0 Å². The van der Waals surface area contributed by atoms with Crippen LogP contribution < -0.4 is 9.62 Å². The molecule has 2 heterocycles. The molecule has 0 spiro atoms. The van der Waals surface area contributed by atoms with Crippen LogP contribution in [-0.2, 0) is 21.2 Å². The number of hydrogen-bond donors (Lipinski definition) is 1. The van der Waals surface area contributed by atoms with E-state index < -0.39 is 10.0 Å². The predicted molar refractivity (Wildman–Crippen MR) is 93.6 cm³/mol. The van der Waals surface area contributed by atoms with E-state index in [4.69, 9.17) is 0 Å². The SMILES string of the molecule is Cc1ccc(N2CCCS2(=O)=O)cc1NC(=O)Cc1cccs1. The quantitative estimate of drug-likeness (QED) is 0.922. The van der Waals surface area contributed by atoms with E-state index in [2.05, 4.69) is 5.32 Å². The normalized spacial score (nSPS) is 16.5. The number of thiophene rings is 1.